The van der Waals surface area contributed by atoms with Crippen LogP contribution in [0.2, 0.25) is 0 Å². The van der Waals surface area contributed by atoms with E-state index in [1.807, 2.05) is 4.90 Å². The lowest BCUT2D eigenvalue weighted by atomic mass is 9.65. The Labute approximate surface area is 147 Å². The van der Waals surface area contributed by atoms with E-state index < -0.39 is 0 Å². The van der Waals surface area contributed by atoms with Crippen LogP contribution in [0.3, 0.4) is 0 Å². The van der Waals surface area contributed by atoms with Crippen LogP contribution < -0.4 is 0 Å². The van der Waals surface area contributed by atoms with E-state index in [1.165, 1.54) is 12.1 Å². The lowest BCUT2D eigenvalue weighted by Gasteiger charge is -2.39. The quantitative estimate of drug-likeness (QED) is 0.806. The Hall–Kier alpha value is -2.17. The number of nitrogens with zero attached hydrogens (tertiary/aromatic N) is 2. The number of halogens is 1. The molecule has 132 valence electrons. The highest BCUT2D eigenvalue weighted by Crippen LogP contribution is 2.52. The molecule has 1 aliphatic carbocycles. The Morgan fingerprint density at radius 3 is 2.68 bits per heavy atom. The molecule has 2 bridgehead atoms. The highest BCUT2D eigenvalue weighted by atomic mass is 19.1. The van der Waals surface area contributed by atoms with Crippen molar-refractivity contribution in [3.8, 4) is 11.3 Å². The van der Waals surface area contributed by atoms with Crippen LogP contribution in [0.5, 0.6) is 0 Å². The summed E-state index contributed by atoms with van der Waals surface area (Å²) in [5.41, 5.74) is 1.48. The van der Waals surface area contributed by atoms with Crippen molar-refractivity contribution in [2.24, 2.45) is 10.8 Å². The van der Waals surface area contributed by atoms with Gasteiger partial charge < -0.3 is 9.42 Å². The van der Waals surface area contributed by atoms with Crippen LogP contribution in [0.15, 0.2) is 34.9 Å². The molecule has 2 aromatic rings. The molecule has 0 unspecified atom stereocenters. The largest absolute Gasteiger partial charge is 0.355 e. The summed E-state index contributed by atoms with van der Waals surface area (Å²) in [6.45, 7) is 7.63. The lowest BCUT2D eigenvalue weighted by molar-refractivity contribution is 0.0698. The minimum atomic E-state index is -0.306. The number of hydrogen-bond donors (Lipinski definition) is 0. The maximum Gasteiger partial charge on any atom is 0.276 e. The minimum absolute atomic E-state index is 0.0662. The topological polar surface area (TPSA) is 46.3 Å². The average molecular weight is 342 g/mol. The minimum Gasteiger partial charge on any atom is -0.355 e. The Morgan fingerprint density at radius 1 is 1.24 bits per heavy atom. The third-order valence-corrected chi connectivity index (χ3v) is 5.53. The second-order valence-electron chi connectivity index (χ2n) is 8.73. The van der Waals surface area contributed by atoms with Crippen molar-refractivity contribution in [1.82, 2.24) is 10.1 Å². The predicted octanol–water partition coefficient (Wildman–Crippen LogP) is 4.52. The van der Waals surface area contributed by atoms with Crippen LogP contribution in [0.4, 0.5) is 4.39 Å². The fraction of sp³-hybridized carbons (Fsp3) is 0.500. The Bertz CT molecular complexity index is 811. The average Bonchev–Trinajstić information content (AvgIpc) is 3.09. The van der Waals surface area contributed by atoms with Crippen molar-refractivity contribution in [2.75, 3.05) is 6.54 Å². The molecule has 1 saturated heterocycles. The molecule has 2 fully saturated rings. The molecule has 1 aromatic carbocycles. The smallest absolute Gasteiger partial charge is 0.276 e. The molecule has 1 aromatic heterocycles. The molecule has 1 saturated carbocycles. The molecule has 0 N–H and O–H groups in total. The summed E-state index contributed by atoms with van der Waals surface area (Å²) in [4.78, 5) is 15.0. The monoisotopic (exact) mass is 342 g/mol. The predicted molar refractivity (Wildman–Crippen MR) is 92.5 cm³/mol. The van der Waals surface area contributed by atoms with Crippen LogP contribution in [-0.4, -0.2) is 28.6 Å². The Morgan fingerprint density at radius 2 is 1.96 bits per heavy atom. The van der Waals surface area contributed by atoms with Gasteiger partial charge in [0.25, 0.3) is 5.91 Å². The van der Waals surface area contributed by atoms with Crippen LogP contribution in [0.1, 0.15) is 50.5 Å². The van der Waals surface area contributed by atoms with Gasteiger partial charge in [0, 0.05) is 24.2 Å². The van der Waals surface area contributed by atoms with E-state index >= 15 is 0 Å². The number of fused-ring (bicyclic) bond motifs is 2. The van der Waals surface area contributed by atoms with Gasteiger partial charge in [0.15, 0.2) is 11.5 Å². The molecule has 5 heteroatoms. The second kappa shape index (κ2) is 5.41. The molecule has 0 radical (unpaired) electrons. The van der Waals surface area contributed by atoms with Gasteiger partial charge in [-0.25, -0.2) is 4.39 Å². The normalized spacial score (nSPS) is 27.5. The number of amides is 1. The number of hydrogen-bond acceptors (Lipinski definition) is 3. The van der Waals surface area contributed by atoms with E-state index in [2.05, 4.69) is 25.9 Å². The van der Waals surface area contributed by atoms with E-state index in [9.17, 15) is 9.18 Å². The number of carbonyl (C=O) groups excluding carboxylic acids is 1. The molecule has 2 atom stereocenters. The highest BCUT2D eigenvalue weighted by Gasteiger charge is 2.51. The molecule has 1 amide bonds. The van der Waals surface area contributed by atoms with Gasteiger partial charge in [0.05, 0.1) is 0 Å². The zero-order valence-electron chi connectivity index (χ0n) is 14.9. The first-order valence-corrected chi connectivity index (χ1v) is 8.78. The number of likely N-dealkylation sites (tertiary alicyclic amines) is 1. The van der Waals surface area contributed by atoms with Crippen LogP contribution in [0.25, 0.3) is 11.3 Å². The van der Waals surface area contributed by atoms with E-state index in [0.29, 0.717) is 17.0 Å². The Balaban J connectivity index is 1.57. The lowest BCUT2D eigenvalue weighted by Crippen LogP contribution is -2.37. The van der Waals surface area contributed by atoms with Gasteiger partial charge in [0.2, 0.25) is 0 Å². The van der Waals surface area contributed by atoms with Crippen molar-refractivity contribution in [3.63, 3.8) is 0 Å². The number of benzene rings is 1. The molecule has 1 aliphatic heterocycles. The van der Waals surface area contributed by atoms with Gasteiger partial charge in [-0.2, -0.15) is 0 Å². The Kier molecular flexibility index (Phi) is 3.53. The van der Waals surface area contributed by atoms with Crippen molar-refractivity contribution in [2.45, 2.75) is 46.1 Å². The molecule has 0 spiro atoms. The molecule has 4 nitrogen and oxygen atoms in total. The standard InChI is InChI=1S/C20H23FN2O2/c1-19(2)9-15-10-20(3,11-19)12-23(15)18(24)16-8-17(25-22-16)13-4-6-14(21)7-5-13/h4-8,15H,9-12H2,1-3H3/t15-,20-/m0/s1. The van der Waals surface area contributed by atoms with Crippen LogP contribution in [0, 0.1) is 16.6 Å². The highest BCUT2D eigenvalue weighted by molar-refractivity contribution is 5.93. The van der Waals surface area contributed by atoms with E-state index in [4.69, 9.17) is 4.52 Å². The number of carbonyl (C=O) groups is 1. The van der Waals surface area contributed by atoms with Crippen LogP contribution in [-0.2, 0) is 0 Å². The molecule has 2 aliphatic rings. The molecule has 2 heterocycles. The van der Waals surface area contributed by atoms with Gasteiger partial charge in [-0.05, 0) is 54.4 Å². The second-order valence-corrected chi connectivity index (χ2v) is 8.73. The maximum absolute atomic E-state index is 13.1. The van der Waals surface area contributed by atoms with Crippen molar-refractivity contribution >= 4 is 5.91 Å². The fourth-order valence-corrected chi connectivity index (χ4v) is 4.97. The molecule has 25 heavy (non-hydrogen) atoms. The summed E-state index contributed by atoms with van der Waals surface area (Å²) in [5, 5.41) is 3.97. The maximum atomic E-state index is 13.1. The van der Waals surface area contributed by atoms with Gasteiger partial charge in [0.1, 0.15) is 5.82 Å². The zero-order chi connectivity index (χ0) is 17.8. The van der Waals surface area contributed by atoms with Gasteiger partial charge >= 0.3 is 0 Å². The zero-order valence-corrected chi connectivity index (χ0v) is 14.9. The molecular weight excluding hydrogens is 319 g/mol. The van der Waals surface area contributed by atoms with E-state index in [-0.39, 0.29) is 28.6 Å². The summed E-state index contributed by atoms with van der Waals surface area (Å²) < 4.78 is 18.4. The summed E-state index contributed by atoms with van der Waals surface area (Å²) in [7, 11) is 0. The molecule has 4 rings (SSSR count). The third-order valence-electron chi connectivity index (χ3n) is 5.53. The fourth-order valence-electron chi connectivity index (χ4n) is 4.97. The first-order chi connectivity index (χ1) is 11.7. The van der Waals surface area contributed by atoms with Gasteiger partial charge in [-0.15, -0.1) is 0 Å². The summed E-state index contributed by atoms with van der Waals surface area (Å²) in [6, 6.07) is 7.91. The molecular formula is C20H23FN2O2. The number of aromatic nitrogens is 1. The van der Waals surface area contributed by atoms with E-state index in [0.717, 1.165) is 25.8 Å². The number of rotatable bonds is 2. The van der Waals surface area contributed by atoms with Crippen molar-refractivity contribution < 1.29 is 13.7 Å². The van der Waals surface area contributed by atoms with E-state index in [1.54, 1.807) is 18.2 Å². The van der Waals surface area contributed by atoms with Crippen molar-refractivity contribution in [3.05, 3.63) is 41.8 Å². The van der Waals surface area contributed by atoms with Gasteiger partial charge in [-0.3, -0.25) is 4.79 Å². The first-order valence-electron chi connectivity index (χ1n) is 8.78. The first kappa shape index (κ1) is 16.3. The summed E-state index contributed by atoms with van der Waals surface area (Å²) in [6.07, 6.45) is 3.22. The summed E-state index contributed by atoms with van der Waals surface area (Å²) in [5.74, 6) is 0.111. The third kappa shape index (κ3) is 2.96. The van der Waals surface area contributed by atoms with Gasteiger partial charge in [-0.1, -0.05) is 25.9 Å². The van der Waals surface area contributed by atoms with Crippen molar-refractivity contribution in [1.29, 1.82) is 0 Å². The summed E-state index contributed by atoms with van der Waals surface area (Å²) >= 11 is 0. The van der Waals surface area contributed by atoms with Crippen LogP contribution >= 0.6 is 0 Å². The SMILES string of the molecule is CC1(C)C[C@H]2C[C@](C)(CN2C(=O)c2cc(-c3ccc(F)cc3)on2)C1.